The summed E-state index contributed by atoms with van der Waals surface area (Å²) in [6.45, 7) is 7.95. The number of carbonyl (C=O) groups excluding carboxylic acids is 1. The minimum Gasteiger partial charge on any atom is -0.493 e. The lowest BCUT2D eigenvalue weighted by Crippen LogP contribution is -2.40. The van der Waals surface area contributed by atoms with Crippen molar-refractivity contribution in [2.24, 2.45) is 4.99 Å². The number of allylic oxidation sites excluding steroid dienone is 1. The van der Waals surface area contributed by atoms with Crippen LogP contribution in [0.1, 0.15) is 57.7 Å². The van der Waals surface area contributed by atoms with Gasteiger partial charge >= 0.3 is 5.97 Å². The molecule has 0 saturated carbocycles. The van der Waals surface area contributed by atoms with Crippen LogP contribution in [0.15, 0.2) is 57.5 Å². The summed E-state index contributed by atoms with van der Waals surface area (Å²) < 4.78 is 19.0. The van der Waals surface area contributed by atoms with Crippen LogP contribution in [0.4, 0.5) is 0 Å². The number of ether oxygens (including phenoxy) is 3. The van der Waals surface area contributed by atoms with Gasteiger partial charge in [-0.1, -0.05) is 60.0 Å². The van der Waals surface area contributed by atoms with E-state index in [1.807, 2.05) is 6.07 Å². The number of rotatable bonds is 9. The molecule has 0 saturated heterocycles. The van der Waals surface area contributed by atoms with Crippen LogP contribution < -0.4 is 24.4 Å². The van der Waals surface area contributed by atoms with Gasteiger partial charge in [-0.25, -0.2) is 9.79 Å². The third-order valence-corrected chi connectivity index (χ3v) is 7.64. The average molecular weight is 590 g/mol. The Kier molecular flexibility index (Phi) is 9.20. The van der Waals surface area contributed by atoms with E-state index in [0.717, 1.165) is 12.8 Å². The van der Waals surface area contributed by atoms with E-state index < -0.39 is 12.0 Å². The van der Waals surface area contributed by atoms with Crippen molar-refractivity contribution in [2.75, 3.05) is 13.7 Å². The molecule has 4 rings (SSSR count). The average Bonchev–Trinajstić information content (AvgIpc) is 3.18. The molecule has 3 aromatic rings. The number of benzene rings is 2. The predicted octanol–water partition coefficient (Wildman–Crippen LogP) is 5.68. The smallest absolute Gasteiger partial charge is 0.338 e. The summed E-state index contributed by atoms with van der Waals surface area (Å²) in [6.07, 6.45) is 3.27. The van der Waals surface area contributed by atoms with Gasteiger partial charge in [-0.15, -0.1) is 0 Å². The molecule has 206 valence electrons. The van der Waals surface area contributed by atoms with Crippen LogP contribution in [-0.4, -0.2) is 30.4 Å². The molecule has 1 aliphatic heterocycles. The Hall–Kier alpha value is -3.07. The van der Waals surface area contributed by atoms with E-state index >= 15 is 0 Å². The van der Waals surface area contributed by atoms with Crippen LogP contribution in [0.2, 0.25) is 10.0 Å². The number of unbranched alkanes of at least 4 members (excludes halogenated alkanes) is 1. The fourth-order valence-electron chi connectivity index (χ4n) is 4.24. The second kappa shape index (κ2) is 12.4. The standard InChI is InChI=1S/C29H30Cl2N2O5S/c1-6-7-12-37-22-11-9-19(13-23(22)36-5)26-25(28(35)38-16(2)3)17(4)32-29-33(26)27(34)24(39-29)14-18-8-10-20(30)15-21(18)31/h8-11,13-16,26H,6-7,12H2,1-5H3/b24-14-. The zero-order valence-corrected chi connectivity index (χ0v) is 24.7. The SMILES string of the molecule is CCCCOc1ccc(C2C(C(=O)OC(C)C)=C(C)N=c3s/c(=C\c4ccc(Cl)cc4Cl)c(=O)n32)cc1OC. The molecule has 1 unspecified atom stereocenters. The van der Waals surface area contributed by atoms with Crippen LogP contribution in [0.3, 0.4) is 0 Å². The minimum atomic E-state index is -0.783. The third kappa shape index (κ3) is 6.24. The molecule has 10 heteroatoms. The molecule has 1 aromatic heterocycles. The van der Waals surface area contributed by atoms with Gasteiger partial charge in [0.15, 0.2) is 16.3 Å². The number of carbonyl (C=O) groups is 1. The molecule has 0 fully saturated rings. The number of methoxy groups -OCH3 is 1. The van der Waals surface area contributed by atoms with E-state index in [-0.39, 0.29) is 17.2 Å². The molecular formula is C29H30Cl2N2O5S. The first kappa shape index (κ1) is 28.9. The molecule has 0 radical (unpaired) electrons. The molecule has 0 spiro atoms. The van der Waals surface area contributed by atoms with E-state index in [4.69, 9.17) is 37.4 Å². The van der Waals surface area contributed by atoms with E-state index in [2.05, 4.69) is 11.9 Å². The first-order chi connectivity index (χ1) is 18.6. The highest BCUT2D eigenvalue weighted by molar-refractivity contribution is 7.07. The second-order valence-electron chi connectivity index (χ2n) is 9.31. The Morgan fingerprint density at radius 2 is 1.95 bits per heavy atom. The number of fused-ring (bicyclic) bond motifs is 1. The van der Waals surface area contributed by atoms with Crippen molar-refractivity contribution in [3.05, 3.63) is 88.5 Å². The summed E-state index contributed by atoms with van der Waals surface area (Å²) in [4.78, 5) is 32.3. The van der Waals surface area contributed by atoms with Crippen molar-refractivity contribution < 1.29 is 19.0 Å². The fourth-order valence-corrected chi connectivity index (χ4v) is 5.74. The summed E-state index contributed by atoms with van der Waals surface area (Å²) in [5.41, 5.74) is 1.77. The molecule has 39 heavy (non-hydrogen) atoms. The predicted molar refractivity (Wildman–Crippen MR) is 155 cm³/mol. The lowest BCUT2D eigenvalue weighted by molar-refractivity contribution is -0.143. The maximum absolute atomic E-state index is 13.9. The summed E-state index contributed by atoms with van der Waals surface area (Å²) >= 11 is 13.6. The Balaban J connectivity index is 1.91. The van der Waals surface area contributed by atoms with Gasteiger partial charge in [-0.3, -0.25) is 9.36 Å². The molecule has 0 bridgehead atoms. The summed E-state index contributed by atoms with van der Waals surface area (Å²) in [5, 5.41) is 0.921. The molecule has 2 heterocycles. The molecule has 1 atom stereocenters. The van der Waals surface area contributed by atoms with Crippen LogP contribution in [0, 0.1) is 0 Å². The van der Waals surface area contributed by atoms with E-state index in [0.29, 0.717) is 54.3 Å². The zero-order chi connectivity index (χ0) is 28.3. The Labute approximate surface area is 241 Å². The molecule has 2 aromatic carbocycles. The highest BCUT2D eigenvalue weighted by atomic mass is 35.5. The number of thiazole rings is 1. The minimum absolute atomic E-state index is 0.286. The lowest BCUT2D eigenvalue weighted by Gasteiger charge is -2.26. The number of nitrogens with zero attached hydrogens (tertiary/aromatic N) is 2. The normalized spacial score (nSPS) is 15.3. The number of halogens is 2. The first-order valence-electron chi connectivity index (χ1n) is 12.6. The summed E-state index contributed by atoms with van der Waals surface area (Å²) in [7, 11) is 1.56. The molecule has 0 N–H and O–H groups in total. The number of hydrogen-bond acceptors (Lipinski definition) is 7. The third-order valence-electron chi connectivity index (χ3n) is 6.09. The highest BCUT2D eigenvalue weighted by Crippen LogP contribution is 2.36. The highest BCUT2D eigenvalue weighted by Gasteiger charge is 2.34. The van der Waals surface area contributed by atoms with Crippen molar-refractivity contribution in [3.8, 4) is 11.5 Å². The van der Waals surface area contributed by atoms with Gasteiger partial charge in [0.2, 0.25) is 0 Å². The van der Waals surface area contributed by atoms with Gasteiger partial charge < -0.3 is 14.2 Å². The topological polar surface area (TPSA) is 79.1 Å². The number of aromatic nitrogens is 1. The van der Waals surface area contributed by atoms with Crippen molar-refractivity contribution in [1.82, 2.24) is 4.57 Å². The first-order valence-corrected chi connectivity index (χ1v) is 14.2. The second-order valence-corrected chi connectivity index (χ2v) is 11.2. The lowest BCUT2D eigenvalue weighted by atomic mass is 9.95. The quantitative estimate of drug-likeness (QED) is 0.237. The van der Waals surface area contributed by atoms with Crippen LogP contribution >= 0.6 is 34.5 Å². The fraction of sp³-hybridized carbons (Fsp3) is 0.345. The van der Waals surface area contributed by atoms with Crippen LogP contribution in [-0.2, 0) is 9.53 Å². The Bertz CT molecular complexity index is 1610. The summed E-state index contributed by atoms with van der Waals surface area (Å²) in [5.74, 6) is 0.560. The Morgan fingerprint density at radius 3 is 2.62 bits per heavy atom. The van der Waals surface area contributed by atoms with Gasteiger partial charge in [0.25, 0.3) is 5.56 Å². The van der Waals surface area contributed by atoms with Gasteiger partial charge in [0, 0.05) is 10.0 Å². The molecule has 1 aliphatic rings. The van der Waals surface area contributed by atoms with Crippen LogP contribution in [0.25, 0.3) is 6.08 Å². The van der Waals surface area contributed by atoms with Crippen molar-refractivity contribution in [1.29, 1.82) is 0 Å². The number of esters is 1. The van der Waals surface area contributed by atoms with Crippen LogP contribution in [0.5, 0.6) is 11.5 Å². The molecular weight excluding hydrogens is 559 g/mol. The van der Waals surface area contributed by atoms with Gasteiger partial charge in [-0.2, -0.15) is 0 Å². The number of hydrogen-bond donors (Lipinski definition) is 0. The van der Waals surface area contributed by atoms with Crippen molar-refractivity contribution >= 4 is 46.6 Å². The van der Waals surface area contributed by atoms with E-state index in [1.54, 1.807) is 64.3 Å². The van der Waals surface area contributed by atoms with Gasteiger partial charge in [0.1, 0.15) is 0 Å². The van der Waals surface area contributed by atoms with E-state index in [1.165, 1.54) is 15.9 Å². The summed E-state index contributed by atoms with van der Waals surface area (Å²) in [6, 6.07) is 9.72. The van der Waals surface area contributed by atoms with Gasteiger partial charge in [-0.05, 0) is 68.7 Å². The molecule has 7 nitrogen and oxygen atoms in total. The van der Waals surface area contributed by atoms with Crippen molar-refractivity contribution in [3.63, 3.8) is 0 Å². The Morgan fingerprint density at radius 1 is 1.18 bits per heavy atom. The van der Waals surface area contributed by atoms with Crippen molar-refractivity contribution in [2.45, 2.75) is 52.7 Å². The van der Waals surface area contributed by atoms with E-state index in [9.17, 15) is 9.59 Å². The maximum Gasteiger partial charge on any atom is 0.338 e. The zero-order valence-electron chi connectivity index (χ0n) is 22.4. The maximum atomic E-state index is 13.9. The largest absolute Gasteiger partial charge is 0.493 e. The van der Waals surface area contributed by atoms with Gasteiger partial charge in [0.05, 0.1) is 41.7 Å². The molecule has 0 amide bonds. The molecule has 0 aliphatic carbocycles. The monoisotopic (exact) mass is 588 g/mol.